The van der Waals surface area contributed by atoms with E-state index >= 15 is 0 Å². The van der Waals surface area contributed by atoms with Gasteiger partial charge in [0.25, 0.3) is 7.94 Å². The standard InChI is InChI=1S/C4H12NO3P/c1-3(2)4(5)9(6,7)8/h3-4H,5H2,1-2H3,(H2,6,7,8)/p+1. The second-order valence-electron chi connectivity index (χ2n) is 2.40. The monoisotopic (exact) mass is 154 g/mol. The van der Waals surface area contributed by atoms with Crippen molar-refractivity contribution in [2.45, 2.75) is 19.6 Å². The molecule has 0 amide bonds. The van der Waals surface area contributed by atoms with E-state index in [0.717, 1.165) is 0 Å². The Labute approximate surface area is 54.9 Å². The third kappa shape index (κ3) is 3.08. The summed E-state index contributed by atoms with van der Waals surface area (Å²) in [5.74, 6) is -0.830. The normalized spacial score (nSPS) is 16.3. The first-order valence-electron chi connectivity index (χ1n) is 2.74. The van der Waals surface area contributed by atoms with Crippen LogP contribution in [0.2, 0.25) is 0 Å². The summed E-state index contributed by atoms with van der Waals surface area (Å²) in [5, 5.41) is 0. The van der Waals surface area contributed by atoms with Crippen molar-refractivity contribution < 1.29 is 20.4 Å². The Morgan fingerprint density at radius 2 is 1.78 bits per heavy atom. The minimum atomic E-state index is -3.92. The summed E-state index contributed by atoms with van der Waals surface area (Å²) in [6, 6.07) is 0. The summed E-state index contributed by atoms with van der Waals surface area (Å²) in [5.41, 5.74) is 3.35. The molecule has 0 fully saturated rings. The second-order valence-corrected chi connectivity index (χ2v) is 4.24. The molecule has 0 saturated carbocycles. The average Bonchev–Trinajstić information content (AvgIpc) is 1.62. The van der Waals surface area contributed by atoms with Gasteiger partial charge in [-0.05, 0) is 0 Å². The molecule has 0 aliphatic carbocycles. The van der Waals surface area contributed by atoms with Gasteiger partial charge in [0, 0.05) is 5.92 Å². The van der Waals surface area contributed by atoms with Gasteiger partial charge in [0.1, 0.15) is 0 Å². The highest BCUT2D eigenvalue weighted by Gasteiger charge is 2.35. The van der Waals surface area contributed by atoms with Gasteiger partial charge in [0.15, 0.2) is 0 Å². The lowest BCUT2D eigenvalue weighted by Gasteiger charge is -2.21. The van der Waals surface area contributed by atoms with Crippen molar-refractivity contribution >= 4 is 7.94 Å². The number of hydrogen-bond donors (Lipinski definition) is 3. The molecule has 0 radical (unpaired) electrons. The average molecular weight is 154 g/mol. The minimum absolute atomic E-state index is 0.0640. The molecule has 9 heavy (non-hydrogen) atoms. The summed E-state index contributed by atoms with van der Waals surface area (Å²) in [7, 11) is -3.92. The van der Waals surface area contributed by atoms with Gasteiger partial charge in [0.05, 0.1) is 0 Å². The molecule has 0 aliphatic rings. The maximum Gasteiger partial charge on any atom is 0.289 e. The Hall–Kier alpha value is 0.270. The zero-order valence-corrected chi connectivity index (χ0v) is 6.51. The van der Waals surface area contributed by atoms with Gasteiger partial charge in [-0.25, -0.2) is 9.79 Å². The van der Waals surface area contributed by atoms with Gasteiger partial charge in [-0.2, -0.15) is 0 Å². The lowest BCUT2D eigenvalue weighted by atomic mass is 10.2. The summed E-state index contributed by atoms with van der Waals surface area (Å²) in [6.45, 7) is 3.47. The Balaban J connectivity index is 3.88. The maximum absolute atomic E-state index is 10.4. The molecule has 1 unspecified atom stereocenters. The predicted molar refractivity (Wildman–Crippen MR) is 32.9 cm³/mol. The molecular weight excluding hydrogens is 141 g/mol. The van der Waals surface area contributed by atoms with Crippen LogP contribution in [0.5, 0.6) is 0 Å². The lowest BCUT2D eigenvalue weighted by Crippen LogP contribution is -2.65. The highest BCUT2D eigenvalue weighted by molar-refractivity contribution is 7.57. The number of hydrogen-bond acceptors (Lipinski definition) is 3. The van der Waals surface area contributed by atoms with E-state index < -0.39 is 13.7 Å². The fourth-order valence-electron chi connectivity index (χ4n) is 0.388. The molecule has 0 spiro atoms. The fourth-order valence-corrected chi connectivity index (χ4v) is 1.17. The van der Waals surface area contributed by atoms with E-state index in [1.54, 1.807) is 13.8 Å². The van der Waals surface area contributed by atoms with E-state index in [9.17, 15) is 4.89 Å². The van der Waals surface area contributed by atoms with E-state index in [-0.39, 0.29) is 5.92 Å². The summed E-state index contributed by atoms with van der Waals surface area (Å²) < 4.78 is 0. The number of quaternary nitrogens is 1. The van der Waals surface area contributed by atoms with Crippen molar-refractivity contribution in [3.63, 3.8) is 0 Å². The van der Waals surface area contributed by atoms with Crippen LogP contribution in [0.3, 0.4) is 0 Å². The van der Waals surface area contributed by atoms with Crippen molar-refractivity contribution in [2.75, 3.05) is 0 Å². The SMILES string of the molecule is CC(C)C([NH3+])[P+]([O-])(O)O. The smallest absolute Gasteiger partial charge is 0.289 e. The van der Waals surface area contributed by atoms with Crippen molar-refractivity contribution in [2.24, 2.45) is 5.92 Å². The Morgan fingerprint density at radius 1 is 1.44 bits per heavy atom. The molecular formula is C4H13NO3P+. The topological polar surface area (TPSA) is 91.2 Å². The van der Waals surface area contributed by atoms with E-state index in [2.05, 4.69) is 5.73 Å². The third-order valence-corrected chi connectivity index (χ3v) is 2.66. The van der Waals surface area contributed by atoms with Crippen molar-refractivity contribution in [3.8, 4) is 0 Å². The van der Waals surface area contributed by atoms with Crippen LogP contribution >= 0.6 is 7.94 Å². The van der Waals surface area contributed by atoms with Crippen molar-refractivity contribution in [3.05, 3.63) is 0 Å². The molecule has 5 N–H and O–H groups in total. The largest absolute Gasteiger partial charge is 0.627 e. The van der Waals surface area contributed by atoms with Crippen LogP contribution in [0.1, 0.15) is 13.8 Å². The molecule has 0 aliphatic heterocycles. The highest BCUT2D eigenvalue weighted by Crippen LogP contribution is 2.44. The molecule has 0 rings (SSSR count). The fraction of sp³-hybridized carbons (Fsp3) is 1.00. The van der Waals surface area contributed by atoms with Crippen LogP contribution in [-0.2, 0) is 0 Å². The Kier molecular flexibility index (Phi) is 2.99. The van der Waals surface area contributed by atoms with E-state index in [1.165, 1.54) is 0 Å². The summed E-state index contributed by atoms with van der Waals surface area (Å²) >= 11 is 0. The molecule has 0 saturated heterocycles. The van der Waals surface area contributed by atoms with Gasteiger partial charge in [-0.3, -0.25) is 0 Å². The van der Waals surface area contributed by atoms with Crippen molar-refractivity contribution in [1.29, 1.82) is 0 Å². The lowest BCUT2D eigenvalue weighted by molar-refractivity contribution is -0.419. The molecule has 56 valence electrons. The molecule has 0 heterocycles. The summed E-state index contributed by atoms with van der Waals surface area (Å²) in [4.78, 5) is 27.4. The third-order valence-electron chi connectivity index (χ3n) is 1.20. The molecule has 0 aromatic heterocycles. The van der Waals surface area contributed by atoms with Crippen LogP contribution in [0.4, 0.5) is 0 Å². The van der Waals surface area contributed by atoms with E-state index in [0.29, 0.717) is 0 Å². The Morgan fingerprint density at radius 3 is 1.78 bits per heavy atom. The minimum Gasteiger partial charge on any atom is -0.627 e. The molecule has 0 bridgehead atoms. The molecule has 1 atom stereocenters. The van der Waals surface area contributed by atoms with Gasteiger partial charge in [-0.15, -0.1) is 0 Å². The highest BCUT2D eigenvalue weighted by atomic mass is 31.2. The first kappa shape index (κ1) is 9.27. The van der Waals surface area contributed by atoms with Crippen LogP contribution in [-0.4, -0.2) is 15.6 Å². The van der Waals surface area contributed by atoms with Crippen LogP contribution < -0.4 is 10.6 Å². The molecule has 4 nitrogen and oxygen atoms in total. The first-order chi connectivity index (χ1) is 3.85. The van der Waals surface area contributed by atoms with Crippen LogP contribution in [0, 0.1) is 5.92 Å². The van der Waals surface area contributed by atoms with Gasteiger partial charge < -0.3 is 10.6 Å². The first-order valence-corrected chi connectivity index (χ1v) is 4.42. The molecule has 0 aromatic carbocycles. The predicted octanol–water partition coefficient (Wildman–Crippen LogP) is -1.68. The quantitative estimate of drug-likeness (QED) is 0.415. The van der Waals surface area contributed by atoms with Crippen molar-refractivity contribution in [1.82, 2.24) is 0 Å². The van der Waals surface area contributed by atoms with E-state index in [4.69, 9.17) is 9.79 Å². The Bertz CT molecular complexity index is 90.3. The molecule has 5 heteroatoms. The number of rotatable bonds is 2. The van der Waals surface area contributed by atoms with Crippen LogP contribution in [0.25, 0.3) is 0 Å². The maximum atomic E-state index is 10.4. The summed E-state index contributed by atoms with van der Waals surface area (Å²) in [6.07, 6.45) is 0. The van der Waals surface area contributed by atoms with E-state index in [1.807, 2.05) is 0 Å². The molecule has 0 aromatic rings. The van der Waals surface area contributed by atoms with Crippen LogP contribution in [0.15, 0.2) is 0 Å². The van der Waals surface area contributed by atoms with Gasteiger partial charge in [0.2, 0.25) is 5.78 Å². The van der Waals surface area contributed by atoms with Gasteiger partial charge in [-0.1, -0.05) is 13.8 Å². The zero-order valence-electron chi connectivity index (χ0n) is 5.61. The second kappa shape index (κ2) is 2.90. The van der Waals surface area contributed by atoms with Gasteiger partial charge >= 0.3 is 0 Å². The zero-order chi connectivity index (χ0) is 7.65.